The van der Waals surface area contributed by atoms with Crippen molar-refractivity contribution in [1.29, 1.82) is 0 Å². The topological polar surface area (TPSA) is 42.0 Å². The molecule has 0 unspecified atom stereocenters. The van der Waals surface area contributed by atoms with Crippen LogP contribution in [-0.4, -0.2) is 10.9 Å². The van der Waals surface area contributed by atoms with Gasteiger partial charge in [-0.2, -0.15) is 0 Å². The van der Waals surface area contributed by atoms with Gasteiger partial charge in [-0.3, -0.25) is 4.79 Å². The summed E-state index contributed by atoms with van der Waals surface area (Å²) in [7, 11) is 0. The quantitative estimate of drug-likeness (QED) is 0.872. The molecule has 2 aromatic rings. The molecule has 2 aromatic heterocycles. The lowest BCUT2D eigenvalue weighted by Crippen LogP contribution is -2.26. The second-order valence-electron chi connectivity index (χ2n) is 3.71. The van der Waals surface area contributed by atoms with Crippen molar-refractivity contribution in [3.8, 4) is 0 Å². The van der Waals surface area contributed by atoms with Crippen molar-refractivity contribution in [2.24, 2.45) is 0 Å². The van der Waals surface area contributed by atoms with Gasteiger partial charge in [0, 0.05) is 11.1 Å². The lowest BCUT2D eigenvalue weighted by Gasteiger charge is -2.12. The van der Waals surface area contributed by atoms with Crippen LogP contribution in [0.5, 0.6) is 0 Å². The van der Waals surface area contributed by atoms with Gasteiger partial charge in [0.15, 0.2) is 0 Å². The zero-order valence-electron chi connectivity index (χ0n) is 9.48. The molecule has 94 valence electrons. The fourth-order valence-electron chi connectivity index (χ4n) is 1.43. The Labute approximate surface area is 119 Å². The number of aromatic nitrogens is 1. The Balaban J connectivity index is 2.10. The number of amides is 1. The van der Waals surface area contributed by atoms with Crippen LogP contribution in [0.25, 0.3) is 0 Å². The van der Waals surface area contributed by atoms with E-state index in [2.05, 4.69) is 10.3 Å². The third-order valence-corrected chi connectivity index (χ3v) is 4.12. The monoisotopic (exact) mass is 300 g/mol. The van der Waals surface area contributed by atoms with Crippen molar-refractivity contribution in [1.82, 2.24) is 10.3 Å². The molecule has 0 saturated carbocycles. The molecule has 0 fully saturated rings. The molecule has 0 spiro atoms. The molecule has 1 N–H and O–H groups in total. The van der Waals surface area contributed by atoms with E-state index in [9.17, 15) is 4.79 Å². The van der Waals surface area contributed by atoms with E-state index in [1.54, 1.807) is 11.3 Å². The van der Waals surface area contributed by atoms with Gasteiger partial charge < -0.3 is 5.32 Å². The van der Waals surface area contributed by atoms with E-state index in [0.29, 0.717) is 5.56 Å². The molecule has 2 rings (SSSR count). The molecule has 0 aromatic carbocycles. The molecule has 0 aliphatic carbocycles. The fourth-order valence-corrected chi connectivity index (χ4v) is 2.44. The maximum absolute atomic E-state index is 12.0. The summed E-state index contributed by atoms with van der Waals surface area (Å²) in [5.74, 6) is -0.220. The van der Waals surface area contributed by atoms with Gasteiger partial charge >= 0.3 is 0 Å². The number of pyridine rings is 1. The first kappa shape index (κ1) is 13.3. The minimum Gasteiger partial charge on any atom is -0.345 e. The Kier molecular flexibility index (Phi) is 4.22. The van der Waals surface area contributed by atoms with Gasteiger partial charge in [0.25, 0.3) is 5.91 Å². The van der Waals surface area contributed by atoms with Crippen LogP contribution in [0.4, 0.5) is 0 Å². The number of hydrogen-bond acceptors (Lipinski definition) is 3. The van der Waals surface area contributed by atoms with Gasteiger partial charge in [0.05, 0.1) is 16.6 Å². The predicted octanol–water partition coefficient (Wildman–Crippen LogP) is 3.94. The first-order valence-electron chi connectivity index (χ1n) is 5.23. The zero-order valence-corrected chi connectivity index (χ0v) is 11.8. The van der Waals surface area contributed by atoms with Crippen molar-refractivity contribution in [3.63, 3.8) is 0 Å². The lowest BCUT2D eigenvalue weighted by atomic mass is 10.2. The average Bonchev–Trinajstić information content (AvgIpc) is 2.86. The molecule has 2 heterocycles. The van der Waals surface area contributed by atoms with Crippen LogP contribution in [0.15, 0.2) is 29.8 Å². The van der Waals surface area contributed by atoms with E-state index < -0.39 is 0 Å². The molecule has 0 aliphatic rings. The number of halogens is 2. The number of thiophene rings is 1. The third kappa shape index (κ3) is 3.02. The van der Waals surface area contributed by atoms with E-state index in [1.807, 2.05) is 24.4 Å². The van der Waals surface area contributed by atoms with Crippen molar-refractivity contribution < 1.29 is 4.79 Å². The van der Waals surface area contributed by atoms with Crippen molar-refractivity contribution in [2.75, 3.05) is 0 Å². The standard InChI is InChI=1S/C12H10Cl2N2OS/c1-7(10-3-2-4-18-10)16-12(17)8-5-9(13)11(14)15-6-8/h2-7H,1H3,(H,16,17)/t7-/m0/s1. The summed E-state index contributed by atoms with van der Waals surface area (Å²) in [5, 5.41) is 5.31. The maximum Gasteiger partial charge on any atom is 0.253 e. The zero-order chi connectivity index (χ0) is 13.1. The summed E-state index contributed by atoms with van der Waals surface area (Å²) >= 11 is 13.1. The van der Waals surface area contributed by atoms with Crippen molar-refractivity contribution in [2.45, 2.75) is 13.0 Å². The number of carbonyl (C=O) groups excluding carboxylic acids is 1. The van der Waals surface area contributed by atoms with Crippen molar-refractivity contribution >= 4 is 40.4 Å². The van der Waals surface area contributed by atoms with E-state index in [-0.39, 0.29) is 22.1 Å². The number of hydrogen-bond donors (Lipinski definition) is 1. The van der Waals surface area contributed by atoms with Crippen molar-refractivity contribution in [3.05, 3.63) is 50.4 Å². The fraction of sp³-hybridized carbons (Fsp3) is 0.167. The molecule has 3 nitrogen and oxygen atoms in total. The molecule has 0 radical (unpaired) electrons. The SMILES string of the molecule is C[C@H](NC(=O)c1cnc(Cl)c(Cl)c1)c1cccs1. The van der Waals surface area contributed by atoms with Crippen LogP contribution in [0.1, 0.15) is 28.2 Å². The number of rotatable bonds is 3. The second-order valence-corrected chi connectivity index (χ2v) is 5.45. The number of carbonyl (C=O) groups is 1. The molecule has 18 heavy (non-hydrogen) atoms. The van der Waals surface area contributed by atoms with Gasteiger partial charge in [-0.15, -0.1) is 11.3 Å². The molecule has 0 saturated heterocycles. The minimum atomic E-state index is -0.220. The Morgan fingerprint density at radius 2 is 2.28 bits per heavy atom. The van der Waals surface area contributed by atoms with E-state index in [0.717, 1.165) is 4.88 Å². The molecule has 1 atom stereocenters. The first-order valence-corrected chi connectivity index (χ1v) is 6.87. The van der Waals surface area contributed by atoms with Crippen LogP contribution in [0, 0.1) is 0 Å². The van der Waals surface area contributed by atoms with Gasteiger partial charge in [0.1, 0.15) is 5.15 Å². The summed E-state index contributed by atoms with van der Waals surface area (Å²) in [5.41, 5.74) is 0.396. The van der Waals surface area contributed by atoms with Gasteiger partial charge in [-0.25, -0.2) is 4.98 Å². The smallest absolute Gasteiger partial charge is 0.253 e. The van der Waals surface area contributed by atoms with E-state index in [1.165, 1.54) is 12.3 Å². The minimum absolute atomic E-state index is 0.0491. The number of nitrogens with one attached hydrogen (secondary N) is 1. The maximum atomic E-state index is 12.0. The highest BCUT2D eigenvalue weighted by Gasteiger charge is 2.13. The van der Waals surface area contributed by atoms with Crippen LogP contribution >= 0.6 is 34.5 Å². The second kappa shape index (κ2) is 5.69. The summed E-state index contributed by atoms with van der Waals surface area (Å²) < 4.78 is 0. The summed E-state index contributed by atoms with van der Waals surface area (Å²) in [6.45, 7) is 1.93. The predicted molar refractivity (Wildman–Crippen MR) is 74.5 cm³/mol. The Morgan fingerprint density at radius 3 is 2.89 bits per heavy atom. The van der Waals surface area contributed by atoms with Gasteiger partial charge in [-0.1, -0.05) is 29.3 Å². The largest absolute Gasteiger partial charge is 0.345 e. The summed E-state index contributed by atoms with van der Waals surface area (Å²) in [6.07, 6.45) is 1.41. The van der Waals surface area contributed by atoms with Gasteiger partial charge in [-0.05, 0) is 24.4 Å². The highest BCUT2D eigenvalue weighted by atomic mass is 35.5. The molecular weight excluding hydrogens is 291 g/mol. The Bertz CT molecular complexity index is 557. The Morgan fingerprint density at radius 1 is 1.50 bits per heavy atom. The summed E-state index contributed by atoms with van der Waals surface area (Å²) in [4.78, 5) is 16.9. The molecular formula is C12H10Cl2N2OS. The first-order chi connectivity index (χ1) is 8.58. The van der Waals surface area contributed by atoms with E-state index >= 15 is 0 Å². The molecule has 1 amide bonds. The van der Waals surface area contributed by atoms with Crippen LogP contribution in [-0.2, 0) is 0 Å². The highest BCUT2D eigenvalue weighted by molar-refractivity contribution is 7.10. The molecule has 0 bridgehead atoms. The van der Waals surface area contributed by atoms with Gasteiger partial charge in [0.2, 0.25) is 0 Å². The lowest BCUT2D eigenvalue weighted by molar-refractivity contribution is 0.0940. The van der Waals surface area contributed by atoms with Crippen LogP contribution < -0.4 is 5.32 Å². The molecule has 6 heteroatoms. The number of nitrogens with zero attached hydrogens (tertiary/aromatic N) is 1. The highest BCUT2D eigenvalue weighted by Crippen LogP contribution is 2.21. The van der Waals surface area contributed by atoms with E-state index in [4.69, 9.17) is 23.2 Å². The summed E-state index contributed by atoms with van der Waals surface area (Å²) in [6, 6.07) is 5.38. The normalized spacial score (nSPS) is 12.2. The Hall–Kier alpha value is -1.10. The van der Waals surface area contributed by atoms with Crippen LogP contribution in [0.3, 0.4) is 0 Å². The average molecular weight is 301 g/mol. The van der Waals surface area contributed by atoms with Crippen LogP contribution in [0.2, 0.25) is 10.2 Å². The third-order valence-electron chi connectivity index (χ3n) is 2.38. The molecule has 0 aliphatic heterocycles.